The molecule has 3 aromatic carbocycles. The predicted octanol–water partition coefficient (Wildman–Crippen LogP) is 5.61. The molecule has 188 valence electrons. The largest absolute Gasteiger partial charge is 0.274 e. The molecule has 1 heterocycles. The number of benzene rings is 3. The number of imide groups is 1. The van der Waals surface area contributed by atoms with Crippen LogP contribution in [0.15, 0.2) is 65.6 Å². The first-order valence-corrected chi connectivity index (χ1v) is 14.2. The Morgan fingerprint density at radius 1 is 0.917 bits per heavy atom. The van der Waals surface area contributed by atoms with Gasteiger partial charge in [-0.25, -0.2) is 13.3 Å². The first-order valence-electron chi connectivity index (χ1n) is 11.7. The Hall–Kier alpha value is -2.56. The molecule has 0 saturated carbocycles. The number of anilines is 1. The van der Waals surface area contributed by atoms with Crippen LogP contribution >= 0.6 is 22.6 Å². The first-order chi connectivity index (χ1) is 16.9. The van der Waals surface area contributed by atoms with Gasteiger partial charge in [0.15, 0.2) is 0 Å². The molecule has 1 saturated heterocycles. The highest BCUT2D eigenvalue weighted by Gasteiger charge is 2.49. The summed E-state index contributed by atoms with van der Waals surface area (Å²) in [5.74, 6) is -0.951. The van der Waals surface area contributed by atoms with Crippen LogP contribution in [-0.4, -0.2) is 30.6 Å². The molecule has 6 nitrogen and oxygen atoms in total. The third kappa shape index (κ3) is 4.62. The number of aryl methyl sites for hydroxylation is 2. The molecule has 0 aromatic heterocycles. The number of amides is 2. The van der Waals surface area contributed by atoms with Gasteiger partial charge >= 0.3 is 0 Å². The van der Waals surface area contributed by atoms with Gasteiger partial charge in [0.25, 0.3) is 5.91 Å². The van der Waals surface area contributed by atoms with Crippen molar-refractivity contribution in [2.24, 2.45) is 0 Å². The van der Waals surface area contributed by atoms with E-state index < -0.39 is 33.9 Å². The van der Waals surface area contributed by atoms with Crippen molar-refractivity contribution in [1.29, 1.82) is 0 Å². The van der Waals surface area contributed by atoms with Crippen molar-refractivity contribution in [2.45, 2.75) is 58.0 Å². The number of carbonyl (C=O) groups is 2. The smallest absolute Gasteiger partial charge is 0.252 e. The first kappa shape index (κ1) is 26.5. The summed E-state index contributed by atoms with van der Waals surface area (Å²) in [5.41, 5.74) is 4.20. The number of nitrogens with zero attached hydrogens (tertiary/aromatic N) is 2. The fraction of sp³-hybridized carbons (Fsp3) is 0.286. The number of hydrogen-bond acceptors (Lipinski definition) is 4. The van der Waals surface area contributed by atoms with Crippen molar-refractivity contribution in [2.75, 3.05) is 4.90 Å². The van der Waals surface area contributed by atoms with Crippen LogP contribution in [0.5, 0.6) is 0 Å². The second-order valence-electron chi connectivity index (χ2n) is 9.27. The normalized spacial score (nSPS) is 17.2. The van der Waals surface area contributed by atoms with E-state index in [-0.39, 0.29) is 11.3 Å². The van der Waals surface area contributed by atoms with Gasteiger partial charge in [0, 0.05) is 9.61 Å². The fourth-order valence-electron chi connectivity index (χ4n) is 4.87. The maximum Gasteiger partial charge on any atom is 0.252 e. The van der Waals surface area contributed by atoms with Crippen LogP contribution in [0, 0.1) is 31.3 Å². The lowest BCUT2D eigenvalue weighted by molar-refractivity contribution is -0.122. The van der Waals surface area contributed by atoms with E-state index in [1.165, 1.54) is 4.31 Å². The number of sulfonamides is 1. The third-order valence-corrected chi connectivity index (χ3v) is 9.98. The lowest BCUT2D eigenvalue weighted by Gasteiger charge is -2.34. The molecule has 4 rings (SSSR count). The highest BCUT2D eigenvalue weighted by atomic mass is 127. The van der Waals surface area contributed by atoms with E-state index in [0.29, 0.717) is 16.8 Å². The molecule has 3 aromatic rings. The van der Waals surface area contributed by atoms with Crippen LogP contribution in [0.1, 0.15) is 47.2 Å². The molecule has 2 amide bonds. The van der Waals surface area contributed by atoms with Gasteiger partial charge in [-0.1, -0.05) is 36.4 Å². The van der Waals surface area contributed by atoms with E-state index in [2.05, 4.69) is 22.6 Å². The molecule has 0 spiro atoms. The average Bonchev–Trinajstić information content (AvgIpc) is 3.12. The van der Waals surface area contributed by atoms with Crippen LogP contribution in [0.2, 0.25) is 0 Å². The van der Waals surface area contributed by atoms with E-state index >= 15 is 0 Å². The molecule has 0 N–H and O–H groups in total. The minimum atomic E-state index is -4.17. The Kier molecular flexibility index (Phi) is 7.41. The second-order valence-corrected chi connectivity index (χ2v) is 12.3. The maximum absolute atomic E-state index is 14.5. The molecule has 1 aliphatic rings. The minimum absolute atomic E-state index is 0.204. The third-order valence-electron chi connectivity index (χ3n) is 7.01. The van der Waals surface area contributed by atoms with Gasteiger partial charge in [0.05, 0.1) is 17.0 Å². The summed E-state index contributed by atoms with van der Waals surface area (Å²) in [6, 6.07) is 16.4. The van der Waals surface area contributed by atoms with Crippen molar-refractivity contribution < 1.29 is 18.0 Å². The molecule has 2 atom stereocenters. The molecule has 0 bridgehead atoms. The van der Waals surface area contributed by atoms with Gasteiger partial charge < -0.3 is 0 Å². The molecule has 2 unspecified atom stereocenters. The Morgan fingerprint density at radius 3 is 2.03 bits per heavy atom. The van der Waals surface area contributed by atoms with Gasteiger partial charge in [-0.05, 0) is 109 Å². The highest BCUT2D eigenvalue weighted by Crippen LogP contribution is 2.38. The van der Waals surface area contributed by atoms with E-state index in [1.54, 1.807) is 32.9 Å². The minimum Gasteiger partial charge on any atom is -0.274 e. The summed E-state index contributed by atoms with van der Waals surface area (Å²) >= 11 is 2.15. The van der Waals surface area contributed by atoms with Crippen LogP contribution in [0.3, 0.4) is 0 Å². The summed E-state index contributed by atoms with van der Waals surface area (Å²) < 4.78 is 31.1. The van der Waals surface area contributed by atoms with E-state index in [1.807, 2.05) is 62.4 Å². The highest BCUT2D eigenvalue weighted by molar-refractivity contribution is 14.1. The molecule has 0 radical (unpaired) electrons. The van der Waals surface area contributed by atoms with E-state index in [0.717, 1.165) is 25.2 Å². The molecule has 8 heteroatoms. The Morgan fingerprint density at radius 2 is 1.47 bits per heavy atom. The number of carbonyl (C=O) groups excluding carboxylic acids is 2. The zero-order valence-electron chi connectivity index (χ0n) is 20.9. The van der Waals surface area contributed by atoms with Crippen molar-refractivity contribution >= 4 is 50.1 Å². The maximum atomic E-state index is 14.5. The summed E-state index contributed by atoms with van der Waals surface area (Å²) in [5, 5.41) is 0. The monoisotopic (exact) mass is 616 g/mol. The fourth-order valence-corrected chi connectivity index (χ4v) is 7.58. The zero-order valence-corrected chi connectivity index (χ0v) is 23.9. The van der Waals surface area contributed by atoms with Gasteiger partial charge in [-0.2, -0.15) is 4.31 Å². The standard InChI is InChI=1S/C28H29IN2O4S/c1-17-15-18(2)20(4)27(19(17)3)36(34,35)31(21(5)22-9-7-6-8-10-22)25-16-26(32)30(28(25)33)24-13-11-23(29)12-14-24/h6-15,21,25H,16H2,1-5H3. The molecule has 36 heavy (non-hydrogen) atoms. The van der Waals surface area contributed by atoms with Crippen LogP contribution in [-0.2, 0) is 19.6 Å². The average molecular weight is 617 g/mol. The molecular weight excluding hydrogens is 587 g/mol. The predicted molar refractivity (Wildman–Crippen MR) is 149 cm³/mol. The lowest BCUT2D eigenvalue weighted by Crippen LogP contribution is -2.47. The zero-order chi connectivity index (χ0) is 26.4. The van der Waals surface area contributed by atoms with Crippen molar-refractivity contribution in [3.05, 3.63) is 92.1 Å². The number of rotatable bonds is 6. The molecule has 0 aliphatic carbocycles. The summed E-state index contributed by atoms with van der Waals surface area (Å²) in [6.45, 7) is 9.12. The van der Waals surface area contributed by atoms with Crippen LogP contribution < -0.4 is 4.90 Å². The molecule has 1 aliphatic heterocycles. The Bertz CT molecular complexity index is 1410. The van der Waals surface area contributed by atoms with Gasteiger partial charge in [-0.3, -0.25) is 9.59 Å². The van der Waals surface area contributed by atoms with Crippen LogP contribution in [0.25, 0.3) is 0 Å². The summed E-state index contributed by atoms with van der Waals surface area (Å²) in [7, 11) is -4.17. The number of hydrogen-bond donors (Lipinski definition) is 0. The van der Waals surface area contributed by atoms with E-state index in [4.69, 9.17) is 0 Å². The molecule has 1 fully saturated rings. The van der Waals surface area contributed by atoms with Crippen molar-refractivity contribution in [3.8, 4) is 0 Å². The van der Waals surface area contributed by atoms with E-state index in [9.17, 15) is 18.0 Å². The van der Waals surface area contributed by atoms with Crippen molar-refractivity contribution in [1.82, 2.24) is 4.31 Å². The van der Waals surface area contributed by atoms with Crippen LogP contribution in [0.4, 0.5) is 5.69 Å². The number of halogens is 1. The quantitative estimate of drug-likeness (QED) is 0.267. The Labute approximate surface area is 226 Å². The Balaban J connectivity index is 1.89. The lowest BCUT2D eigenvalue weighted by atomic mass is 10.0. The van der Waals surface area contributed by atoms with Gasteiger partial charge in [0.2, 0.25) is 15.9 Å². The van der Waals surface area contributed by atoms with Gasteiger partial charge in [0.1, 0.15) is 6.04 Å². The van der Waals surface area contributed by atoms with Crippen molar-refractivity contribution in [3.63, 3.8) is 0 Å². The second kappa shape index (κ2) is 10.1. The summed E-state index contributed by atoms with van der Waals surface area (Å²) in [6.07, 6.45) is -0.218. The summed E-state index contributed by atoms with van der Waals surface area (Å²) in [4.78, 5) is 28.2. The SMILES string of the molecule is Cc1cc(C)c(C)c(S(=O)(=O)N(C2CC(=O)N(c3ccc(I)cc3)C2=O)C(C)c2ccccc2)c1C. The van der Waals surface area contributed by atoms with Gasteiger partial charge in [-0.15, -0.1) is 0 Å². The topological polar surface area (TPSA) is 74.8 Å². The molecular formula is C28H29IN2O4S.